The van der Waals surface area contributed by atoms with Crippen molar-refractivity contribution >= 4 is 11.7 Å². The molecule has 1 heterocycles. The molecule has 1 N–H and O–H groups in total. The van der Waals surface area contributed by atoms with Crippen molar-refractivity contribution in [2.45, 2.75) is 33.2 Å². The predicted molar refractivity (Wildman–Crippen MR) is 60.2 cm³/mol. The van der Waals surface area contributed by atoms with Crippen LogP contribution in [0.15, 0.2) is 6.07 Å². The first-order chi connectivity index (χ1) is 7.45. The Morgan fingerprint density at radius 1 is 1.56 bits per heavy atom. The molecular formula is C11H17N3O2. The van der Waals surface area contributed by atoms with E-state index in [4.69, 9.17) is 0 Å². The Labute approximate surface area is 94.8 Å². The molecule has 0 spiro atoms. The summed E-state index contributed by atoms with van der Waals surface area (Å²) in [4.78, 5) is 23.1. The third kappa shape index (κ3) is 2.68. The maximum Gasteiger partial charge on any atom is 0.270 e. The minimum Gasteiger partial charge on any atom is -0.341 e. The summed E-state index contributed by atoms with van der Waals surface area (Å²) in [6, 6.07) is 1.24. The maximum atomic E-state index is 11.8. The number of nitrogens with one attached hydrogen (secondary N) is 1. The molecule has 5 heteroatoms. The van der Waals surface area contributed by atoms with E-state index in [1.807, 2.05) is 6.92 Å². The van der Waals surface area contributed by atoms with Gasteiger partial charge in [-0.05, 0) is 19.9 Å². The molecule has 16 heavy (non-hydrogen) atoms. The number of carbonyl (C=O) groups excluding carboxylic acids is 2. The number of aryl methyl sites for hydroxylation is 2. The highest BCUT2D eigenvalue weighted by molar-refractivity contribution is 5.96. The molecule has 5 nitrogen and oxygen atoms in total. The highest BCUT2D eigenvalue weighted by Crippen LogP contribution is 2.02. The van der Waals surface area contributed by atoms with Crippen LogP contribution < -0.4 is 5.32 Å². The normalized spacial score (nSPS) is 12.2. The number of amides is 1. The van der Waals surface area contributed by atoms with Gasteiger partial charge in [-0.1, -0.05) is 6.92 Å². The van der Waals surface area contributed by atoms with Gasteiger partial charge in [0.2, 0.25) is 0 Å². The molecule has 0 saturated carbocycles. The second-order valence-corrected chi connectivity index (χ2v) is 3.81. The van der Waals surface area contributed by atoms with Crippen LogP contribution in [0, 0.1) is 6.92 Å². The van der Waals surface area contributed by atoms with E-state index in [0.717, 1.165) is 5.69 Å². The van der Waals surface area contributed by atoms with Crippen molar-refractivity contribution in [1.82, 2.24) is 15.1 Å². The van der Waals surface area contributed by atoms with Crippen molar-refractivity contribution in [2.75, 3.05) is 0 Å². The van der Waals surface area contributed by atoms with Gasteiger partial charge in [-0.3, -0.25) is 14.3 Å². The van der Waals surface area contributed by atoms with Crippen molar-refractivity contribution in [3.05, 3.63) is 17.5 Å². The van der Waals surface area contributed by atoms with Gasteiger partial charge in [0.25, 0.3) is 5.91 Å². The maximum absolute atomic E-state index is 11.8. The zero-order valence-electron chi connectivity index (χ0n) is 10.1. The summed E-state index contributed by atoms with van der Waals surface area (Å²) in [5, 5.41) is 6.73. The topological polar surface area (TPSA) is 64.0 Å². The monoisotopic (exact) mass is 223 g/mol. The lowest BCUT2D eigenvalue weighted by Crippen LogP contribution is -2.38. The average molecular weight is 223 g/mol. The fourth-order valence-corrected chi connectivity index (χ4v) is 1.48. The van der Waals surface area contributed by atoms with E-state index in [9.17, 15) is 9.59 Å². The summed E-state index contributed by atoms with van der Waals surface area (Å²) < 4.78 is 1.51. The molecule has 0 aliphatic carbocycles. The second kappa shape index (κ2) is 4.92. The predicted octanol–water partition coefficient (Wildman–Crippen LogP) is 0.826. The molecule has 1 aromatic heterocycles. The number of Topliss-reactive ketones (excluding diaryl/α,β-unsaturated/α-hetero) is 1. The van der Waals surface area contributed by atoms with Crippen LogP contribution in [0.2, 0.25) is 0 Å². The molecule has 0 bridgehead atoms. The fraction of sp³-hybridized carbons (Fsp3) is 0.545. The molecular weight excluding hydrogens is 206 g/mol. The van der Waals surface area contributed by atoms with E-state index in [0.29, 0.717) is 12.1 Å². The van der Waals surface area contributed by atoms with Crippen LogP contribution in [0.1, 0.15) is 36.5 Å². The van der Waals surface area contributed by atoms with Crippen LogP contribution in [0.3, 0.4) is 0 Å². The highest BCUT2D eigenvalue weighted by atomic mass is 16.2. The van der Waals surface area contributed by atoms with Crippen LogP contribution in [0.5, 0.6) is 0 Å². The molecule has 0 fully saturated rings. The summed E-state index contributed by atoms with van der Waals surface area (Å²) in [6.07, 6.45) is 0.422. The van der Waals surface area contributed by atoms with Gasteiger partial charge in [0, 0.05) is 13.5 Å². The lowest BCUT2D eigenvalue weighted by atomic mass is 10.1. The molecule has 1 rings (SSSR count). The van der Waals surface area contributed by atoms with Crippen LogP contribution in [-0.4, -0.2) is 27.5 Å². The van der Waals surface area contributed by atoms with Crippen LogP contribution >= 0.6 is 0 Å². The Kier molecular flexibility index (Phi) is 3.82. The van der Waals surface area contributed by atoms with E-state index >= 15 is 0 Å². The quantitative estimate of drug-likeness (QED) is 0.822. The van der Waals surface area contributed by atoms with Crippen LogP contribution in [0.4, 0.5) is 0 Å². The summed E-state index contributed by atoms with van der Waals surface area (Å²) >= 11 is 0. The lowest BCUT2D eigenvalue weighted by molar-refractivity contribution is -0.120. The number of rotatable bonds is 4. The molecule has 0 aromatic carbocycles. The van der Waals surface area contributed by atoms with E-state index in [1.165, 1.54) is 4.68 Å². The van der Waals surface area contributed by atoms with Gasteiger partial charge in [0.1, 0.15) is 5.69 Å². The molecule has 1 amide bonds. The number of carbonyl (C=O) groups is 2. The van der Waals surface area contributed by atoms with Gasteiger partial charge in [0.15, 0.2) is 5.78 Å². The molecule has 1 aromatic rings. The van der Waals surface area contributed by atoms with Crippen LogP contribution in [-0.2, 0) is 11.8 Å². The minimum absolute atomic E-state index is 0.0206. The van der Waals surface area contributed by atoms with Crippen molar-refractivity contribution in [3.8, 4) is 0 Å². The van der Waals surface area contributed by atoms with Gasteiger partial charge in [-0.15, -0.1) is 0 Å². The van der Waals surface area contributed by atoms with Crippen molar-refractivity contribution in [3.63, 3.8) is 0 Å². The highest BCUT2D eigenvalue weighted by Gasteiger charge is 2.17. The number of ketones is 1. The SMILES string of the molecule is CCC(=O)C(C)NC(=O)c1cc(C)nn1C. The largest absolute Gasteiger partial charge is 0.341 e. The number of aromatic nitrogens is 2. The lowest BCUT2D eigenvalue weighted by Gasteiger charge is -2.11. The zero-order chi connectivity index (χ0) is 12.3. The summed E-state index contributed by atoms with van der Waals surface area (Å²) in [5.74, 6) is -0.246. The molecule has 1 unspecified atom stereocenters. The molecule has 1 atom stereocenters. The van der Waals surface area contributed by atoms with E-state index in [2.05, 4.69) is 10.4 Å². The van der Waals surface area contributed by atoms with E-state index in [1.54, 1.807) is 27.0 Å². The number of nitrogens with zero attached hydrogens (tertiary/aromatic N) is 2. The second-order valence-electron chi connectivity index (χ2n) is 3.81. The first-order valence-electron chi connectivity index (χ1n) is 5.30. The van der Waals surface area contributed by atoms with Gasteiger partial charge in [-0.2, -0.15) is 5.10 Å². The van der Waals surface area contributed by atoms with Gasteiger partial charge < -0.3 is 5.32 Å². The third-order valence-corrected chi connectivity index (χ3v) is 2.41. The first-order valence-corrected chi connectivity index (χ1v) is 5.30. The number of hydrogen-bond acceptors (Lipinski definition) is 3. The molecule has 88 valence electrons. The Hall–Kier alpha value is -1.65. The fourth-order valence-electron chi connectivity index (χ4n) is 1.48. The minimum atomic E-state index is -0.451. The summed E-state index contributed by atoms with van der Waals surface area (Å²) in [7, 11) is 1.70. The molecule has 0 radical (unpaired) electrons. The first kappa shape index (κ1) is 12.4. The Morgan fingerprint density at radius 2 is 2.19 bits per heavy atom. The van der Waals surface area contributed by atoms with Crippen LogP contribution in [0.25, 0.3) is 0 Å². The summed E-state index contributed by atoms with van der Waals surface area (Å²) in [5.41, 5.74) is 1.25. The Balaban J connectivity index is 2.73. The molecule has 0 saturated heterocycles. The average Bonchev–Trinajstić information content (AvgIpc) is 2.56. The zero-order valence-corrected chi connectivity index (χ0v) is 10.1. The smallest absolute Gasteiger partial charge is 0.270 e. The van der Waals surface area contributed by atoms with Crippen molar-refractivity contribution in [2.24, 2.45) is 7.05 Å². The van der Waals surface area contributed by atoms with E-state index in [-0.39, 0.29) is 11.7 Å². The Morgan fingerprint density at radius 3 is 2.62 bits per heavy atom. The van der Waals surface area contributed by atoms with Gasteiger partial charge in [0.05, 0.1) is 11.7 Å². The molecule has 0 aliphatic rings. The Bertz CT molecular complexity index is 409. The third-order valence-electron chi connectivity index (χ3n) is 2.41. The van der Waals surface area contributed by atoms with Gasteiger partial charge in [-0.25, -0.2) is 0 Å². The van der Waals surface area contributed by atoms with Crippen molar-refractivity contribution < 1.29 is 9.59 Å². The van der Waals surface area contributed by atoms with Crippen molar-refractivity contribution in [1.29, 1.82) is 0 Å². The summed E-state index contributed by atoms with van der Waals surface area (Å²) in [6.45, 7) is 5.28. The standard InChI is InChI=1S/C11H17N3O2/c1-5-10(15)8(3)12-11(16)9-6-7(2)13-14(9)4/h6,8H,5H2,1-4H3,(H,12,16). The molecule has 0 aliphatic heterocycles. The van der Waals surface area contributed by atoms with Gasteiger partial charge >= 0.3 is 0 Å². The number of hydrogen-bond donors (Lipinski definition) is 1. The van der Waals surface area contributed by atoms with E-state index < -0.39 is 6.04 Å².